The molecule has 0 saturated heterocycles. The molecule has 0 aliphatic heterocycles. The number of rotatable bonds is 8. The molecule has 6 heteroatoms. The molecular formula is C21H25NO5. The Hall–Kier alpha value is -3.02. The zero-order chi connectivity index (χ0) is 20.0. The van der Waals surface area contributed by atoms with Crippen LogP contribution in [0.25, 0.3) is 6.08 Å². The first kappa shape index (κ1) is 20.3. The second-order valence-corrected chi connectivity index (χ2v) is 6.23. The largest absolute Gasteiger partial charge is 0.504 e. The number of aromatic nitrogens is 1. The smallest absolute Gasteiger partial charge is 0.331 e. The van der Waals surface area contributed by atoms with Gasteiger partial charge in [-0.25, -0.2) is 4.79 Å². The van der Waals surface area contributed by atoms with Crippen molar-refractivity contribution in [2.75, 3.05) is 13.7 Å². The van der Waals surface area contributed by atoms with E-state index in [1.165, 1.54) is 25.3 Å². The summed E-state index contributed by atoms with van der Waals surface area (Å²) in [6.07, 6.45) is 3.74. The molecule has 0 amide bonds. The number of hydrogen-bond acceptors (Lipinski definition) is 5. The SMILES string of the molecule is CCCn1c(C)cc(C(=O)COC(=O)/C=C/c2ccc(O)c(OC)c2)c1C. The molecule has 27 heavy (non-hydrogen) atoms. The van der Waals surface area contributed by atoms with Gasteiger partial charge in [0.05, 0.1) is 7.11 Å². The van der Waals surface area contributed by atoms with Crippen molar-refractivity contribution in [2.24, 2.45) is 0 Å². The molecule has 144 valence electrons. The molecule has 1 aromatic heterocycles. The Kier molecular flexibility index (Phi) is 6.82. The van der Waals surface area contributed by atoms with Gasteiger partial charge < -0.3 is 19.1 Å². The highest BCUT2D eigenvalue weighted by atomic mass is 16.5. The summed E-state index contributed by atoms with van der Waals surface area (Å²) in [7, 11) is 1.44. The van der Waals surface area contributed by atoms with E-state index in [0.29, 0.717) is 16.9 Å². The Labute approximate surface area is 159 Å². The van der Waals surface area contributed by atoms with Crippen molar-refractivity contribution in [3.05, 3.63) is 52.9 Å². The lowest BCUT2D eigenvalue weighted by molar-refractivity contribution is -0.136. The molecule has 0 aliphatic rings. The Morgan fingerprint density at radius 1 is 1.22 bits per heavy atom. The molecule has 0 unspecified atom stereocenters. The van der Waals surface area contributed by atoms with E-state index in [4.69, 9.17) is 9.47 Å². The van der Waals surface area contributed by atoms with E-state index in [-0.39, 0.29) is 18.1 Å². The Morgan fingerprint density at radius 3 is 2.63 bits per heavy atom. The number of hydrogen-bond donors (Lipinski definition) is 1. The molecule has 1 N–H and O–H groups in total. The lowest BCUT2D eigenvalue weighted by atomic mass is 10.1. The molecule has 6 nitrogen and oxygen atoms in total. The minimum absolute atomic E-state index is 0.0171. The Balaban J connectivity index is 1.97. The summed E-state index contributed by atoms with van der Waals surface area (Å²) < 4.78 is 12.2. The van der Waals surface area contributed by atoms with Crippen LogP contribution in [0.1, 0.15) is 40.7 Å². The van der Waals surface area contributed by atoms with Crippen molar-refractivity contribution in [1.82, 2.24) is 4.57 Å². The first-order valence-corrected chi connectivity index (χ1v) is 8.79. The molecular weight excluding hydrogens is 346 g/mol. The fraction of sp³-hybridized carbons (Fsp3) is 0.333. The summed E-state index contributed by atoms with van der Waals surface area (Å²) in [5, 5.41) is 9.56. The van der Waals surface area contributed by atoms with Crippen LogP contribution in [-0.2, 0) is 16.1 Å². The first-order chi connectivity index (χ1) is 12.9. The van der Waals surface area contributed by atoms with Crippen LogP contribution >= 0.6 is 0 Å². The number of ketones is 1. The quantitative estimate of drug-likeness (QED) is 0.435. The van der Waals surface area contributed by atoms with Gasteiger partial charge in [0.1, 0.15) is 0 Å². The maximum Gasteiger partial charge on any atom is 0.331 e. The summed E-state index contributed by atoms with van der Waals surface area (Å²) >= 11 is 0. The maximum absolute atomic E-state index is 12.4. The van der Waals surface area contributed by atoms with Crippen molar-refractivity contribution in [2.45, 2.75) is 33.7 Å². The second-order valence-electron chi connectivity index (χ2n) is 6.23. The number of benzene rings is 1. The second kappa shape index (κ2) is 9.07. The number of phenolic OH excluding ortho intramolecular Hbond substituents is 1. The molecule has 0 aliphatic carbocycles. The highest BCUT2D eigenvalue weighted by Crippen LogP contribution is 2.26. The maximum atomic E-state index is 12.4. The van der Waals surface area contributed by atoms with Crippen LogP contribution in [0.3, 0.4) is 0 Å². The van der Waals surface area contributed by atoms with Crippen molar-refractivity contribution in [3.8, 4) is 11.5 Å². The van der Waals surface area contributed by atoms with Gasteiger partial charge in [-0.1, -0.05) is 13.0 Å². The van der Waals surface area contributed by atoms with Crippen LogP contribution in [0.15, 0.2) is 30.3 Å². The number of ether oxygens (including phenoxy) is 2. The summed E-state index contributed by atoms with van der Waals surface area (Å²) in [6.45, 7) is 6.48. The standard InChI is InChI=1S/C21H25NO5/c1-5-10-22-14(2)11-17(15(22)3)19(24)13-27-21(25)9-7-16-6-8-18(23)20(12-16)26-4/h6-9,11-12,23H,5,10,13H2,1-4H3/b9-7+. The number of carbonyl (C=O) groups excluding carboxylic acids is 2. The van der Waals surface area contributed by atoms with Crippen molar-refractivity contribution in [1.29, 1.82) is 0 Å². The van der Waals surface area contributed by atoms with Gasteiger partial charge in [0.25, 0.3) is 0 Å². The van der Waals surface area contributed by atoms with E-state index in [0.717, 1.165) is 24.4 Å². The minimum Gasteiger partial charge on any atom is -0.504 e. The third-order valence-electron chi connectivity index (χ3n) is 4.28. The average molecular weight is 371 g/mol. The molecule has 1 aromatic carbocycles. The minimum atomic E-state index is -0.613. The summed E-state index contributed by atoms with van der Waals surface area (Å²) in [4.78, 5) is 24.3. The fourth-order valence-electron chi connectivity index (χ4n) is 2.88. The normalized spacial score (nSPS) is 11.0. The third kappa shape index (κ3) is 5.00. The summed E-state index contributed by atoms with van der Waals surface area (Å²) in [5.41, 5.74) is 3.16. The van der Waals surface area contributed by atoms with Gasteiger partial charge >= 0.3 is 5.97 Å². The van der Waals surface area contributed by atoms with E-state index in [9.17, 15) is 14.7 Å². The molecule has 2 rings (SSSR count). The summed E-state index contributed by atoms with van der Waals surface area (Å²) in [5.74, 6) is -0.511. The zero-order valence-corrected chi connectivity index (χ0v) is 16.1. The predicted octanol–water partition coefficient (Wildman–Crippen LogP) is 3.67. The van der Waals surface area contributed by atoms with Crippen LogP contribution in [0.4, 0.5) is 0 Å². The Morgan fingerprint density at radius 2 is 1.96 bits per heavy atom. The number of esters is 1. The Bertz CT molecular complexity index is 864. The van der Waals surface area contributed by atoms with Crippen LogP contribution in [0.2, 0.25) is 0 Å². The number of aromatic hydroxyl groups is 1. The monoisotopic (exact) mass is 371 g/mol. The third-order valence-corrected chi connectivity index (χ3v) is 4.28. The van der Waals surface area contributed by atoms with E-state index in [1.807, 2.05) is 19.9 Å². The number of methoxy groups -OCH3 is 1. The summed E-state index contributed by atoms with van der Waals surface area (Å²) in [6, 6.07) is 6.53. The van der Waals surface area contributed by atoms with Crippen molar-refractivity contribution in [3.63, 3.8) is 0 Å². The molecule has 0 fully saturated rings. The molecule has 2 aromatic rings. The van der Waals surface area contributed by atoms with Crippen molar-refractivity contribution < 1.29 is 24.2 Å². The average Bonchev–Trinajstić information content (AvgIpc) is 2.94. The van der Waals surface area contributed by atoms with E-state index < -0.39 is 5.97 Å². The number of aryl methyl sites for hydroxylation is 1. The van der Waals surface area contributed by atoms with E-state index in [1.54, 1.807) is 12.1 Å². The topological polar surface area (TPSA) is 77.8 Å². The van der Waals surface area contributed by atoms with Gasteiger partial charge in [-0.3, -0.25) is 4.79 Å². The molecule has 0 spiro atoms. The van der Waals surface area contributed by atoms with Gasteiger partial charge in [0.15, 0.2) is 18.1 Å². The fourth-order valence-corrected chi connectivity index (χ4v) is 2.88. The van der Waals surface area contributed by atoms with E-state index >= 15 is 0 Å². The van der Waals surface area contributed by atoms with Crippen LogP contribution in [0, 0.1) is 13.8 Å². The van der Waals surface area contributed by atoms with Crippen LogP contribution in [0.5, 0.6) is 11.5 Å². The van der Waals surface area contributed by atoms with Crippen LogP contribution in [-0.4, -0.2) is 35.1 Å². The predicted molar refractivity (Wildman–Crippen MR) is 103 cm³/mol. The van der Waals surface area contributed by atoms with Gasteiger partial charge in [-0.05, 0) is 50.1 Å². The highest BCUT2D eigenvalue weighted by molar-refractivity contribution is 6.00. The lowest BCUT2D eigenvalue weighted by Gasteiger charge is -2.07. The molecule has 0 bridgehead atoms. The molecule has 0 atom stereocenters. The van der Waals surface area contributed by atoms with Gasteiger partial charge in [0.2, 0.25) is 5.78 Å². The van der Waals surface area contributed by atoms with Crippen molar-refractivity contribution >= 4 is 17.8 Å². The van der Waals surface area contributed by atoms with E-state index in [2.05, 4.69) is 11.5 Å². The molecule has 0 saturated carbocycles. The van der Waals surface area contributed by atoms with Gasteiger partial charge in [-0.2, -0.15) is 0 Å². The number of carbonyl (C=O) groups is 2. The molecule has 1 heterocycles. The zero-order valence-electron chi connectivity index (χ0n) is 16.1. The first-order valence-electron chi connectivity index (χ1n) is 8.79. The molecule has 0 radical (unpaired) electrons. The van der Waals surface area contributed by atoms with Crippen LogP contribution < -0.4 is 4.74 Å². The number of Topliss-reactive ketones (excluding diaryl/α,β-unsaturated/α-hetero) is 1. The van der Waals surface area contributed by atoms with Gasteiger partial charge in [0, 0.05) is 29.6 Å². The number of nitrogens with zero attached hydrogens (tertiary/aromatic N) is 1. The highest BCUT2D eigenvalue weighted by Gasteiger charge is 2.16. The van der Waals surface area contributed by atoms with Gasteiger partial charge in [-0.15, -0.1) is 0 Å². The number of phenols is 1. The lowest BCUT2D eigenvalue weighted by Crippen LogP contribution is -2.13.